The molecule has 98 valence electrons. The van der Waals surface area contributed by atoms with Crippen LogP contribution in [0.3, 0.4) is 0 Å². The first kappa shape index (κ1) is 13.4. The SMILES string of the molecule is Cc1ccc(C)c(CCNC(=O)C2CSCN2)c1. The average Bonchev–Trinajstić information content (AvgIpc) is 2.87. The van der Waals surface area contributed by atoms with Gasteiger partial charge in [-0.15, -0.1) is 11.8 Å². The second-order valence-corrected chi connectivity index (χ2v) is 5.77. The van der Waals surface area contributed by atoms with Crippen molar-refractivity contribution < 1.29 is 4.79 Å². The van der Waals surface area contributed by atoms with Gasteiger partial charge in [-0.1, -0.05) is 23.8 Å². The van der Waals surface area contributed by atoms with E-state index in [1.54, 1.807) is 11.8 Å². The summed E-state index contributed by atoms with van der Waals surface area (Å²) in [5, 5.41) is 6.18. The van der Waals surface area contributed by atoms with Crippen molar-refractivity contribution in [2.24, 2.45) is 0 Å². The summed E-state index contributed by atoms with van der Waals surface area (Å²) in [7, 11) is 0. The highest BCUT2D eigenvalue weighted by atomic mass is 32.2. The number of aryl methyl sites for hydroxylation is 2. The molecule has 1 aromatic rings. The number of hydrogen-bond acceptors (Lipinski definition) is 3. The second kappa shape index (κ2) is 6.25. The number of thioether (sulfide) groups is 1. The van der Waals surface area contributed by atoms with Crippen LogP contribution in [0.5, 0.6) is 0 Å². The highest BCUT2D eigenvalue weighted by molar-refractivity contribution is 7.99. The van der Waals surface area contributed by atoms with Crippen molar-refractivity contribution in [3.63, 3.8) is 0 Å². The zero-order valence-electron chi connectivity index (χ0n) is 11.0. The van der Waals surface area contributed by atoms with Crippen molar-refractivity contribution in [3.05, 3.63) is 34.9 Å². The lowest BCUT2D eigenvalue weighted by atomic mass is 10.0. The summed E-state index contributed by atoms with van der Waals surface area (Å²) >= 11 is 1.77. The van der Waals surface area contributed by atoms with Gasteiger partial charge in [0.05, 0.1) is 6.04 Å². The Labute approximate surface area is 113 Å². The van der Waals surface area contributed by atoms with Crippen LogP contribution in [0.25, 0.3) is 0 Å². The number of rotatable bonds is 4. The van der Waals surface area contributed by atoms with Crippen LogP contribution in [-0.2, 0) is 11.2 Å². The summed E-state index contributed by atoms with van der Waals surface area (Å²) in [6, 6.07) is 6.46. The Kier molecular flexibility index (Phi) is 4.66. The number of carbonyl (C=O) groups excluding carboxylic acids is 1. The van der Waals surface area contributed by atoms with Crippen molar-refractivity contribution in [1.29, 1.82) is 0 Å². The number of amides is 1. The maximum atomic E-state index is 11.8. The van der Waals surface area contributed by atoms with Crippen molar-refractivity contribution in [1.82, 2.24) is 10.6 Å². The van der Waals surface area contributed by atoms with Gasteiger partial charge in [0, 0.05) is 18.2 Å². The van der Waals surface area contributed by atoms with Crippen molar-refractivity contribution >= 4 is 17.7 Å². The van der Waals surface area contributed by atoms with E-state index in [0.717, 1.165) is 18.1 Å². The van der Waals surface area contributed by atoms with E-state index in [4.69, 9.17) is 0 Å². The highest BCUT2D eigenvalue weighted by Gasteiger charge is 2.21. The van der Waals surface area contributed by atoms with E-state index in [0.29, 0.717) is 6.54 Å². The van der Waals surface area contributed by atoms with Crippen LogP contribution in [0.4, 0.5) is 0 Å². The summed E-state index contributed by atoms with van der Waals surface area (Å²) in [6.07, 6.45) is 0.902. The van der Waals surface area contributed by atoms with Crippen LogP contribution in [0.1, 0.15) is 16.7 Å². The molecule has 1 unspecified atom stereocenters. The third-order valence-electron chi connectivity index (χ3n) is 3.23. The van der Waals surface area contributed by atoms with Gasteiger partial charge in [-0.25, -0.2) is 0 Å². The number of nitrogens with one attached hydrogen (secondary N) is 2. The normalized spacial score (nSPS) is 18.9. The first-order valence-electron chi connectivity index (χ1n) is 6.32. The molecule has 1 atom stereocenters. The molecule has 0 aromatic heterocycles. The Hall–Kier alpha value is -1.00. The summed E-state index contributed by atoms with van der Waals surface area (Å²) in [5.74, 6) is 1.90. The predicted molar refractivity (Wildman–Crippen MR) is 76.9 cm³/mol. The topological polar surface area (TPSA) is 41.1 Å². The lowest BCUT2D eigenvalue weighted by molar-refractivity contribution is -0.122. The van der Waals surface area contributed by atoms with E-state index in [1.165, 1.54) is 16.7 Å². The highest BCUT2D eigenvalue weighted by Crippen LogP contribution is 2.11. The van der Waals surface area contributed by atoms with Crippen LogP contribution < -0.4 is 10.6 Å². The summed E-state index contributed by atoms with van der Waals surface area (Å²) < 4.78 is 0. The maximum Gasteiger partial charge on any atom is 0.238 e. The van der Waals surface area contributed by atoms with Crippen LogP contribution >= 0.6 is 11.8 Å². The van der Waals surface area contributed by atoms with Crippen LogP contribution in [0, 0.1) is 13.8 Å². The molecule has 1 fully saturated rings. The molecule has 4 heteroatoms. The zero-order valence-corrected chi connectivity index (χ0v) is 11.8. The smallest absolute Gasteiger partial charge is 0.238 e. The van der Waals surface area contributed by atoms with Crippen LogP contribution in [0.15, 0.2) is 18.2 Å². The minimum atomic E-state index is -0.00592. The standard InChI is InChI=1S/C14H20N2OS/c1-10-3-4-11(2)12(7-10)5-6-15-14(17)13-8-18-9-16-13/h3-4,7,13,16H,5-6,8-9H2,1-2H3,(H,15,17). The third-order valence-corrected chi connectivity index (χ3v) is 4.17. The molecule has 1 aromatic carbocycles. The van der Waals surface area contributed by atoms with Crippen molar-refractivity contribution in [3.8, 4) is 0 Å². The molecule has 0 bridgehead atoms. The van der Waals surface area contributed by atoms with Gasteiger partial charge in [0.25, 0.3) is 0 Å². The van der Waals surface area contributed by atoms with Gasteiger partial charge in [-0.3, -0.25) is 10.1 Å². The van der Waals surface area contributed by atoms with E-state index < -0.39 is 0 Å². The molecule has 1 saturated heterocycles. The van der Waals surface area contributed by atoms with Crippen LogP contribution in [-0.4, -0.2) is 30.1 Å². The number of carbonyl (C=O) groups is 1. The van der Waals surface area contributed by atoms with Gasteiger partial charge in [0.1, 0.15) is 0 Å². The van der Waals surface area contributed by atoms with Crippen molar-refractivity contribution in [2.75, 3.05) is 18.2 Å². The summed E-state index contributed by atoms with van der Waals surface area (Å²) in [5.41, 5.74) is 3.89. The van der Waals surface area contributed by atoms with Gasteiger partial charge in [-0.2, -0.15) is 0 Å². The average molecular weight is 264 g/mol. The minimum absolute atomic E-state index is 0.00592. The Balaban J connectivity index is 1.81. The lowest BCUT2D eigenvalue weighted by Gasteiger charge is -2.11. The van der Waals surface area contributed by atoms with E-state index in [9.17, 15) is 4.79 Å². The fourth-order valence-electron chi connectivity index (χ4n) is 2.08. The second-order valence-electron chi connectivity index (χ2n) is 4.74. The molecule has 1 aliphatic heterocycles. The first-order valence-corrected chi connectivity index (χ1v) is 7.47. The van der Waals surface area contributed by atoms with Gasteiger partial charge in [0.2, 0.25) is 5.91 Å². The van der Waals surface area contributed by atoms with Gasteiger partial charge < -0.3 is 5.32 Å². The number of benzene rings is 1. The fourth-order valence-corrected chi connectivity index (χ4v) is 3.02. The first-order chi connectivity index (χ1) is 8.66. The lowest BCUT2D eigenvalue weighted by Crippen LogP contribution is -2.42. The van der Waals surface area contributed by atoms with Crippen molar-refractivity contribution in [2.45, 2.75) is 26.3 Å². The molecule has 0 aliphatic carbocycles. The molecule has 0 radical (unpaired) electrons. The molecule has 1 amide bonds. The number of hydrogen-bond donors (Lipinski definition) is 2. The molecule has 3 nitrogen and oxygen atoms in total. The molecular weight excluding hydrogens is 244 g/mol. The predicted octanol–water partition coefficient (Wildman–Crippen LogP) is 1.62. The Morgan fingerprint density at radius 1 is 1.50 bits per heavy atom. The quantitative estimate of drug-likeness (QED) is 0.868. The molecule has 0 saturated carbocycles. The molecule has 0 spiro atoms. The third kappa shape index (κ3) is 3.50. The zero-order chi connectivity index (χ0) is 13.0. The van der Waals surface area contributed by atoms with Gasteiger partial charge in [-0.05, 0) is 31.4 Å². The van der Waals surface area contributed by atoms with Crippen LogP contribution in [0.2, 0.25) is 0 Å². The molecule has 2 N–H and O–H groups in total. The maximum absolute atomic E-state index is 11.8. The van der Waals surface area contributed by atoms with Gasteiger partial charge in [0.15, 0.2) is 0 Å². The minimum Gasteiger partial charge on any atom is -0.354 e. The Bertz CT molecular complexity index is 428. The van der Waals surface area contributed by atoms with E-state index in [-0.39, 0.29) is 11.9 Å². The molecular formula is C14H20N2OS. The van der Waals surface area contributed by atoms with E-state index >= 15 is 0 Å². The molecule has 1 aliphatic rings. The Morgan fingerprint density at radius 2 is 2.33 bits per heavy atom. The molecule has 18 heavy (non-hydrogen) atoms. The monoisotopic (exact) mass is 264 g/mol. The Morgan fingerprint density at radius 3 is 3.06 bits per heavy atom. The molecule has 2 rings (SSSR count). The largest absolute Gasteiger partial charge is 0.354 e. The fraction of sp³-hybridized carbons (Fsp3) is 0.500. The summed E-state index contributed by atoms with van der Waals surface area (Å²) in [6.45, 7) is 4.93. The van der Waals surface area contributed by atoms with E-state index in [1.807, 2.05) is 0 Å². The summed E-state index contributed by atoms with van der Waals surface area (Å²) in [4.78, 5) is 11.8. The van der Waals surface area contributed by atoms with Gasteiger partial charge >= 0.3 is 0 Å². The van der Waals surface area contributed by atoms with E-state index in [2.05, 4.69) is 42.7 Å². The molecule has 1 heterocycles.